The van der Waals surface area contributed by atoms with Gasteiger partial charge in [-0.3, -0.25) is 4.57 Å². The highest BCUT2D eigenvalue weighted by molar-refractivity contribution is 5.86. The third-order valence-electron chi connectivity index (χ3n) is 5.25. The lowest BCUT2D eigenvalue weighted by molar-refractivity contribution is -0.140. The van der Waals surface area contributed by atoms with E-state index in [0.717, 1.165) is 22.9 Å². The summed E-state index contributed by atoms with van der Waals surface area (Å²) < 4.78 is 7.71. The van der Waals surface area contributed by atoms with Crippen molar-refractivity contribution in [1.82, 2.24) is 9.55 Å². The van der Waals surface area contributed by atoms with Crippen molar-refractivity contribution >= 4 is 5.97 Å². The zero-order chi connectivity index (χ0) is 22.3. The van der Waals surface area contributed by atoms with E-state index in [9.17, 15) is 4.79 Å². The normalized spacial score (nSPS) is 10.7. The Balaban J connectivity index is 1.81. The highest BCUT2D eigenvalue weighted by Gasteiger charge is 2.20. The number of imidazole rings is 1. The number of hydrogen-bond donors (Lipinski definition) is 0. The molecular formula is C28H26N2O2. The second-order valence-corrected chi connectivity index (χ2v) is 7.77. The number of ether oxygens (including phenoxy) is 1. The van der Waals surface area contributed by atoms with Gasteiger partial charge in [0.05, 0.1) is 5.69 Å². The lowest BCUT2D eigenvalue weighted by Gasteiger charge is -2.14. The number of carbonyl (C=O) groups is 1. The van der Waals surface area contributed by atoms with Crippen molar-refractivity contribution in [3.63, 3.8) is 0 Å². The van der Waals surface area contributed by atoms with E-state index in [4.69, 9.17) is 9.72 Å². The van der Waals surface area contributed by atoms with Crippen LogP contribution >= 0.6 is 0 Å². The number of para-hydroxylation sites is 1. The third-order valence-corrected chi connectivity index (χ3v) is 5.25. The van der Waals surface area contributed by atoms with Gasteiger partial charge in [-0.2, -0.15) is 0 Å². The van der Waals surface area contributed by atoms with E-state index in [0.29, 0.717) is 18.4 Å². The van der Waals surface area contributed by atoms with Crippen LogP contribution in [0, 0.1) is 0 Å². The smallest absolute Gasteiger partial charge is 0.333 e. The molecule has 1 heterocycles. The van der Waals surface area contributed by atoms with E-state index in [1.807, 2.05) is 54.6 Å². The molecule has 0 amide bonds. The van der Waals surface area contributed by atoms with Gasteiger partial charge in [-0.05, 0) is 30.2 Å². The van der Waals surface area contributed by atoms with Crippen LogP contribution < -0.4 is 0 Å². The maximum atomic E-state index is 12.1. The molecule has 32 heavy (non-hydrogen) atoms. The van der Waals surface area contributed by atoms with Crippen LogP contribution in [0.5, 0.6) is 0 Å². The second kappa shape index (κ2) is 9.92. The van der Waals surface area contributed by atoms with Gasteiger partial charge in [0.2, 0.25) is 0 Å². The molecule has 0 saturated carbocycles. The zero-order valence-electron chi connectivity index (χ0n) is 18.2. The molecule has 0 radical (unpaired) electrons. The fourth-order valence-electron chi connectivity index (χ4n) is 3.68. The van der Waals surface area contributed by atoms with Crippen molar-refractivity contribution < 1.29 is 9.53 Å². The molecule has 0 bridgehead atoms. The van der Waals surface area contributed by atoms with Crippen molar-refractivity contribution in [2.24, 2.45) is 0 Å². The molecule has 0 fully saturated rings. The van der Waals surface area contributed by atoms with Crippen LogP contribution in [0.2, 0.25) is 0 Å². The lowest BCUT2D eigenvalue weighted by atomic mass is 10.1. The Bertz CT molecular complexity index is 1200. The summed E-state index contributed by atoms with van der Waals surface area (Å²) in [5.74, 6) is 0.504. The Morgan fingerprint density at radius 1 is 0.844 bits per heavy atom. The summed E-state index contributed by atoms with van der Waals surface area (Å²) in [4.78, 5) is 17.0. The van der Waals surface area contributed by atoms with E-state index >= 15 is 0 Å². The van der Waals surface area contributed by atoms with Gasteiger partial charge >= 0.3 is 5.97 Å². The predicted octanol–water partition coefficient (Wildman–Crippen LogP) is 5.67. The molecule has 0 unspecified atom stereocenters. The van der Waals surface area contributed by atoms with Gasteiger partial charge in [-0.1, -0.05) is 85.4 Å². The molecule has 1 aromatic heterocycles. The highest BCUT2D eigenvalue weighted by Crippen LogP contribution is 2.24. The van der Waals surface area contributed by atoms with Gasteiger partial charge in [-0.25, -0.2) is 9.78 Å². The standard InChI is InChI=1S/C28H26N2O2/c1-21(2)28(31)32-20-25-26(18-22-12-6-3-7-13-22)30(24-16-10-5-11-17-24)27(29-25)19-23-14-8-4-9-15-23/h3-17H,1,18-20H2,2H3. The summed E-state index contributed by atoms with van der Waals surface area (Å²) in [5.41, 5.74) is 5.53. The molecule has 0 atom stereocenters. The molecule has 0 spiro atoms. The topological polar surface area (TPSA) is 44.1 Å². The fraction of sp³-hybridized carbons (Fsp3) is 0.143. The van der Waals surface area contributed by atoms with Crippen LogP contribution in [0.3, 0.4) is 0 Å². The molecule has 4 heteroatoms. The minimum atomic E-state index is -0.408. The van der Waals surface area contributed by atoms with Crippen LogP contribution in [0.15, 0.2) is 103 Å². The first-order valence-electron chi connectivity index (χ1n) is 10.7. The summed E-state index contributed by atoms with van der Waals surface area (Å²) in [5, 5.41) is 0. The van der Waals surface area contributed by atoms with Crippen molar-refractivity contribution in [3.05, 3.63) is 131 Å². The van der Waals surface area contributed by atoms with Crippen LogP contribution in [0.25, 0.3) is 5.69 Å². The van der Waals surface area contributed by atoms with Crippen molar-refractivity contribution in [2.75, 3.05) is 0 Å². The minimum absolute atomic E-state index is 0.107. The van der Waals surface area contributed by atoms with Crippen LogP contribution in [-0.2, 0) is 29.0 Å². The third kappa shape index (κ3) is 5.03. The molecule has 0 aliphatic heterocycles. The van der Waals surface area contributed by atoms with Crippen LogP contribution in [-0.4, -0.2) is 15.5 Å². The lowest BCUT2D eigenvalue weighted by Crippen LogP contribution is -2.09. The Morgan fingerprint density at radius 2 is 1.38 bits per heavy atom. The van der Waals surface area contributed by atoms with E-state index in [1.54, 1.807) is 6.92 Å². The van der Waals surface area contributed by atoms with Gasteiger partial charge in [0.15, 0.2) is 0 Å². The average molecular weight is 423 g/mol. The Labute approximate surface area is 188 Å². The van der Waals surface area contributed by atoms with Crippen molar-refractivity contribution in [1.29, 1.82) is 0 Å². The second-order valence-electron chi connectivity index (χ2n) is 7.77. The number of nitrogens with zero attached hydrogens (tertiary/aromatic N) is 2. The van der Waals surface area contributed by atoms with Crippen molar-refractivity contribution in [2.45, 2.75) is 26.4 Å². The van der Waals surface area contributed by atoms with E-state index in [-0.39, 0.29) is 6.61 Å². The van der Waals surface area contributed by atoms with Gasteiger partial charge in [-0.15, -0.1) is 0 Å². The molecule has 0 aliphatic rings. The Hall–Kier alpha value is -3.92. The van der Waals surface area contributed by atoms with Crippen LogP contribution in [0.4, 0.5) is 0 Å². The molecule has 4 rings (SSSR count). The van der Waals surface area contributed by atoms with Gasteiger partial charge < -0.3 is 4.74 Å². The summed E-state index contributed by atoms with van der Waals surface area (Å²) >= 11 is 0. The molecule has 0 aliphatic carbocycles. The van der Waals surface area contributed by atoms with Crippen LogP contribution in [0.1, 0.15) is 35.3 Å². The SMILES string of the molecule is C=C(C)C(=O)OCc1nc(Cc2ccccc2)n(-c2ccccc2)c1Cc1ccccc1. The average Bonchev–Trinajstić information content (AvgIpc) is 3.15. The number of aromatic nitrogens is 2. The molecule has 3 aromatic carbocycles. The maximum Gasteiger partial charge on any atom is 0.333 e. The number of carbonyl (C=O) groups excluding carboxylic acids is 1. The summed E-state index contributed by atoms with van der Waals surface area (Å²) in [7, 11) is 0. The summed E-state index contributed by atoms with van der Waals surface area (Å²) in [6.07, 6.45) is 1.35. The Morgan fingerprint density at radius 3 is 1.94 bits per heavy atom. The number of esters is 1. The van der Waals surface area contributed by atoms with Gasteiger partial charge in [0.25, 0.3) is 0 Å². The number of rotatable bonds is 8. The summed E-state index contributed by atoms with van der Waals surface area (Å²) in [6.45, 7) is 5.44. The molecule has 0 saturated heterocycles. The first-order valence-corrected chi connectivity index (χ1v) is 10.7. The molecule has 4 nitrogen and oxygen atoms in total. The Kier molecular flexibility index (Phi) is 6.61. The van der Waals surface area contributed by atoms with Crippen molar-refractivity contribution in [3.8, 4) is 5.69 Å². The fourth-order valence-corrected chi connectivity index (χ4v) is 3.68. The monoisotopic (exact) mass is 422 g/mol. The first-order chi connectivity index (χ1) is 15.6. The quantitative estimate of drug-likeness (QED) is 0.271. The first kappa shape index (κ1) is 21.3. The van der Waals surface area contributed by atoms with E-state index in [2.05, 4.69) is 47.5 Å². The van der Waals surface area contributed by atoms with E-state index < -0.39 is 5.97 Å². The molecule has 160 valence electrons. The summed E-state index contributed by atoms with van der Waals surface area (Å²) in [6, 6.07) is 30.8. The van der Waals surface area contributed by atoms with Gasteiger partial charge in [0.1, 0.15) is 18.1 Å². The number of hydrogen-bond acceptors (Lipinski definition) is 3. The number of benzene rings is 3. The zero-order valence-corrected chi connectivity index (χ0v) is 18.2. The molecule has 0 N–H and O–H groups in total. The minimum Gasteiger partial charge on any atom is -0.456 e. The molecular weight excluding hydrogens is 396 g/mol. The predicted molar refractivity (Wildman–Crippen MR) is 127 cm³/mol. The highest BCUT2D eigenvalue weighted by atomic mass is 16.5. The van der Waals surface area contributed by atoms with E-state index in [1.165, 1.54) is 11.1 Å². The molecule has 4 aromatic rings. The largest absolute Gasteiger partial charge is 0.456 e. The maximum absolute atomic E-state index is 12.1. The van der Waals surface area contributed by atoms with Gasteiger partial charge in [0, 0.05) is 24.1 Å².